The van der Waals surface area contributed by atoms with Crippen molar-refractivity contribution in [1.82, 2.24) is 0 Å². The number of aliphatic hydroxyl groups is 1. The quantitative estimate of drug-likeness (QED) is 0.812. The highest BCUT2D eigenvalue weighted by molar-refractivity contribution is 7.98. The highest BCUT2D eigenvalue weighted by Gasteiger charge is 2.12. The molecule has 2 aromatic rings. The van der Waals surface area contributed by atoms with Crippen molar-refractivity contribution in [3.8, 4) is 0 Å². The van der Waals surface area contributed by atoms with Gasteiger partial charge in [0, 0.05) is 11.4 Å². The van der Waals surface area contributed by atoms with Crippen LogP contribution in [0.3, 0.4) is 0 Å². The Hall–Kier alpha value is -1.78. The van der Waals surface area contributed by atoms with Crippen molar-refractivity contribution in [2.75, 3.05) is 11.1 Å². The second-order valence-corrected chi connectivity index (χ2v) is 6.29. The number of rotatable bonds is 7. The van der Waals surface area contributed by atoms with E-state index < -0.39 is 6.10 Å². The third-order valence-electron chi connectivity index (χ3n) is 3.25. The van der Waals surface area contributed by atoms with Gasteiger partial charge in [-0.05, 0) is 29.0 Å². The van der Waals surface area contributed by atoms with Crippen LogP contribution in [0.4, 0.5) is 5.69 Å². The maximum Gasteiger partial charge on any atom is 0.227 e. The van der Waals surface area contributed by atoms with Gasteiger partial charge in [-0.15, -0.1) is 0 Å². The summed E-state index contributed by atoms with van der Waals surface area (Å²) in [6.45, 7) is 2.13. The number of nitrogens with one attached hydrogen (secondary N) is 1. The molecular formula is C18H21NO2S. The Kier molecular flexibility index (Phi) is 6.49. The molecule has 0 aliphatic rings. The van der Waals surface area contributed by atoms with E-state index in [1.54, 1.807) is 0 Å². The van der Waals surface area contributed by atoms with E-state index in [2.05, 4.69) is 18.3 Å². The standard InChI is InChI=1S/C18H21NO2S/c1-2-22-13-14-7-6-10-16(11-14)19-18(21)12-17(20)15-8-4-3-5-9-15/h3-11,17,20H,2,12-13H2,1H3,(H,19,21). The predicted octanol–water partition coefficient (Wildman–Crippen LogP) is 4.00. The minimum absolute atomic E-state index is 0.0535. The molecule has 0 spiro atoms. The van der Waals surface area contributed by atoms with Gasteiger partial charge in [0.15, 0.2) is 0 Å². The molecule has 2 N–H and O–H groups in total. The van der Waals surface area contributed by atoms with Gasteiger partial charge in [-0.25, -0.2) is 0 Å². The molecule has 2 aromatic carbocycles. The van der Waals surface area contributed by atoms with E-state index in [0.29, 0.717) is 0 Å². The van der Waals surface area contributed by atoms with Crippen LogP contribution >= 0.6 is 11.8 Å². The van der Waals surface area contributed by atoms with Crippen LogP contribution in [-0.4, -0.2) is 16.8 Å². The van der Waals surface area contributed by atoms with Gasteiger partial charge < -0.3 is 10.4 Å². The van der Waals surface area contributed by atoms with E-state index in [1.807, 2.05) is 60.3 Å². The first-order valence-corrected chi connectivity index (χ1v) is 8.54. The van der Waals surface area contributed by atoms with Crippen molar-refractivity contribution in [1.29, 1.82) is 0 Å². The van der Waals surface area contributed by atoms with Crippen LogP contribution in [0.2, 0.25) is 0 Å². The lowest BCUT2D eigenvalue weighted by molar-refractivity contribution is -0.118. The zero-order valence-electron chi connectivity index (χ0n) is 12.7. The van der Waals surface area contributed by atoms with E-state index in [0.717, 1.165) is 22.8 Å². The molecule has 0 bridgehead atoms. The molecule has 4 heteroatoms. The van der Waals surface area contributed by atoms with Crippen LogP contribution in [0.25, 0.3) is 0 Å². The smallest absolute Gasteiger partial charge is 0.227 e. The summed E-state index contributed by atoms with van der Waals surface area (Å²) in [6.07, 6.45) is -0.724. The predicted molar refractivity (Wildman–Crippen MR) is 92.9 cm³/mol. The summed E-state index contributed by atoms with van der Waals surface area (Å²) in [5.74, 6) is 1.82. The molecule has 0 aliphatic heterocycles. The second kappa shape index (κ2) is 8.61. The van der Waals surface area contributed by atoms with Gasteiger partial charge in [0.2, 0.25) is 5.91 Å². The zero-order chi connectivity index (χ0) is 15.8. The van der Waals surface area contributed by atoms with Gasteiger partial charge in [0.05, 0.1) is 12.5 Å². The van der Waals surface area contributed by atoms with Gasteiger partial charge in [-0.2, -0.15) is 11.8 Å². The Balaban J connectivity index is 1.91. The fourth-order valence-electron chi connectivity index (χ4n) is 2.14. The summed E-state index contributed by atoms with van der Waals surface area (Å²) in [6, 6.07) is 17.1. The third kappa shape index (κ3) is 5.20. The first-order chi connectivity index (χ1) is 10.7. The molecule has 0 aliphatic carbocycles. The first kappa shape index (κ1) is 16.6. The first-order valence-electron chi connectivity index (χ1n) is 7.38. The molecular weight excluding hydrogens is 294 g/mol. The van der Waals surface area contributed by atoms with Crippen molar-refractivity contribution in [2.24, 2.45) is 0 Å². The Morgan fingerprint density at radius 2 is 1.95 bits per heavy atom. The number of thioether (sulfide) groups is 1. The molecule has 0 saturated heterocycles. The Morgan fingerprint density at radius 1 is 1.18 bits per heavy atom. The van der Waals surface area contributed by atoms with Crippen LogP contribution in [0.1, 0.15) is 30.6 Å². The number of hydrogen-bond acceptors (Lipinski definition) is 3. The van der Waals surface area contributed by atoms with Gasteiger partial charge in [-0.1, -0.05) is 49.4 Å². The number of carbonyl (C=O) groups is 1. The van der Waals surface area contributed by atoms with Crippen LogP contribution in [0.5, 0.6) is 0 Å². The van der Waals surface area contributed by atoms with Gasteiger partial charge in [0.25, 0.3) is 0 Å². The molecule has 0 radical (unpaired) electrons. The van der Waals surface area contributed by atoms with Crippen LogP contribution in [0, 0.1) is 0 Å². The molecule has 1 atom stereocenters. The molecule has 0 fully saturated rings. The lowest BCUT2D eigenvalue weighted by Gasteiger charge is -2.12. The Bertz CT molecular complexity index is 601. The highest BCUT2D eigenvalue weighted by atomic mass is 32.2. The zero-order valence-corrected chi connectivity index (χ0v) is 13.5. The highest BCUT2D eigenvalue weighted by Crippen LogP contribution is 2.19. The molecule has 22 heavy (non-hydrogen) atoms. The molecule has 0 saturated carbocycles. The second-order valence-electron chi connectivity index (χ2n) is 5.02. The van der Waals surface area contributed by atoms with Crippen molar-refractivity contribution in [3.05, 3.63) is 65.7 Å². The molecule has 3 nitrogen and oxygen atoms in total. The van der Waals surface area contributed by atoms with Gasteiger partial charge in [-0.3, -0.25) is 4.79 Å². The van der Waals surface area contributed by atoms with E-state index in [1.165, 1.54) is 5.56 Å². The van der Waals surface area contributed by atoms with Crippen molar-refractivity contribution >= 4 is 23.4 Å². The summed E-state index contributed by atoms with van der Waals surface area (Å²) < 4.78 is 0. The Labute approximate surface area is 135 Å². The van der Waals surface area contributed by atoms with Crippen molar-refractivity contribution in [3.63, 3.8) is 0 Å². The van der Waals surface area contributed by atoms with E-state index in [-0.39, 0.29) is 12.3 Å². The van der Waals surface area contributed by atoms with Crippen LogP contribution in [-0.2, 0) is 10.5 Å². The van der Waals surface area contributed by atoms with E-state index in [9.17, 15) is 9.90 Å². The molecule has 0 aromatic heterocycles. The number of hydrogen-bond donors (Lipinski definition) is 2. The maximum absolute atomic E-state index is 12.0. The molecule has 0 heterocycles. The van der Waals surface area contributed by atoms with Crippen molar-refractivity contribution in [2.45, 2.75) is 25.2 Å². The molecule has 116 valence electrons. The fourth-order valence-corrected chi connectivity index (χ4v) is 2.76. The van der Waals surface area contributed by atoms with E-state index >= 15 is 0 Å². The SMILES string of the molecule is CCSCc1cccc(NC(=O)CC(O)c2ccccc2)c1. The number of aliphatic hydroxyl groups excluding tert-OH is 1. The number of anilines is 1. The average Bonchev–Trinajstić information content (AvgIpc) is 2.54. The largest absolute Gasteiger partial charge is 0.388 e. The summed E-state index contributed by atoms with van der Waals surface area (Å²) in [5.41, 5.74) is 2.72. The van der Waals surface area contributed by atoms with Gasteiger partial charge in [0.1, 0.15) is 0 Å². The van der Waals surface area contributed by atoms with Crippen LogP contribution in [0.15, 0.2) is 54.6 Å². The number of carbonyl (C=O) groups excluding carboxylic acids is 1. The normalized spacial score (nSPS) is 11.9. The lowest BCUT2D eigenvalue weighted by atomic mass is 10.1. The monoisotopic (exact) mass is 315 g/mol. The number of benzene rings is 2. The summed E-state index contributed by atoms with van der Waals surface area (Å²) in [7, 11) is 0. The summed E-state index contributed by atoms with van der Waals surface area (Å²) in [4.78, 5) is 12.0. The minimum Gasteiger partial charge on any atom is -0.388 e. The minimum atomic E-state index is -0.778. The average molecular weight is 315 g/mol. The third-order valence-corrected chi connectivity index (χ3v) is 4.19. The van der Waals surface area contributed by atoms with Gasteiger partial charge >= 0.3 is 0 Å². The molecule has 2 rings (SSSR count). The van der Waals surface area contributed by atoms with Crippen molar-refractivity contribution < 1.29 is 9.90 Å². The Morgan fingerprint density at radius 3 is 2.68 bits per heavy atom. The summed E-state index contributed by atoms with van der Waals surface area (Å²) in [5, 5.41) is 12.9. The van der Waals surface area contributed by atoms with Crippen LogP contribution < -0.4 is 5.32 Å². The summed E-state index contributed by atoms with van der Waals surface area (Å²) >= 11 is 1.84. The lowest BCUT2D eigenvalue weighted by Crippen LogP contribution is -2.15. The van der Waals surface area contributed by atoms with E-state index in [4.69, 9.17) is 0 Å². The molecule has 1 amide bonds. The fraction of sp³-hybridized carbons (Fsp3) is 0.278. The molecule has 1 unspecified atom stereocenters. The number of amides is 1. The topological polar surface area (TPSA) is 49.3 Å². The maximum atomic E-state index is 12.0.